The van der Waals surface area contributed by atoms with E-state index in [4.69, 9.17) is 4.74 Å². The van der Waals surface area contributed by atoms with Crippen molar-refractivity contribution in [2.75, 3.05) is 0 Å². The van der Waals surface area contributed by atoms with E-state index in [1.54, 1.807) is 0 Å². The van der Waals surface area contributed by atoms with Crippen LogP contribution in [0.3, 0.4) is 0 Å². The van der Waals surface area contributed by atoms with Gasteiger partial charge in [-0.05, 0) is 19.3 Å². The van der Waals surface area contributed by atoms with E-state index in [2.05, 4.69) is 19.1 Å². The molecule has 0 saturated heterocycles. The highest BCUT2D eigenvalue weighted by Crippen LogP contribution is 2.16. The van der Waals surface area contributed by atoms with E-state index in [0.29, 0.717) is 6.42 Å². The molecule has 1 aliphatic rings. The van der Waals surface area contributed by atoms with Crippen molar-refractivity contribution in [2.24, 2.45) is 0 Å². The van der Waals surface area contributed by atoms with E-state index in [9.17, 15) is 4.79 Å². The number of cyclic esters (lactones) is 1. The van der Waals surface area contributed by atoms with Gasteiger partial charge in [0.25, 0.3) is 0 Å². The molecule has 1 rings (SSSR count). The van der Waals surface area contributed by atoms with Crippen molar-refractivity contribution in [2.45, 2.75) is 96.5 Å². The van der Waals surface area contributed by atoms with Crippen LogP contribution in [0.4, 0.5) is 0 Å². The summed E-state index contributed by atoms with van der Waals surface area (Å²) in [4.78, 5) is 11.5. The van der Waals surface area contributed by atoms with Crippen molar-refractivity contribution >= 4 is 5.97 Å². The van der Waals surface area contributed by atoms with Crippen molar-refractivity contribution in [1.29, 1.82) is 0 Å². The first-order valence-corrected chi connectivity index (χ1v) is 8.67. The van der Waals surface area contributed by atoms with Gasteiger partial charge in [0, 0.05) is 12.8 Å². The van der Waals surface area contributed by atoms with Gasteiger partial charge in [-0.2, -0.15) is 0 Å². The van der Waals surface area contributed by atoms with E-state index in [1.165, 1.54) is 57.8 Å². The van der Waals surface area contributed by atoms with Gasteiger partial charge in [-0.25, -0.2) is 0 Å². The molecule has 0 amide bonds. The summed E-state index contributed by atoms with van der Waals surface area (Å²) in [7, 11) is 0. The Morgan fingerprint density at radius 2 is 1.65 bits per heavy atom. The molecule has 0 aromatic rings. The molecule has 0 fully saturated rings. The Bertz CT molecular complexity index is 271. The van der Waals surface area contributed by atoms with E-state index in [0.717, 1.165) is 19.3 Å². The topological polar surface area (TPSA) is 26.3 Å². The van der Waals surface area contributed by atoms with Crippen LogP contribution < -0.4 is 0 Å². The summed E-state index contributed by atoms with van der Waals surface area (Å²) in [5.41, 5.74) is 0. The van der Waals surface area contributed by atoms with Gasteiger partial charge in [-0.3, -0.25) is 4.79 Å². The highest BCUT2D eigenvalue weighted by atomic mass is 16.5. The molecule has 2 nitrogen and oxygen atoms in total. The molecule has 0 radical (unpaired) electrons. The molecule has 0 bridgehead atoms. The number of carbonyl (C=O) groups excluding carboxylic acids is 1. The van der Waals surface area contributed by atoms with Crippen LogP contribution in [-0.2, 0) is 9.53 Å². The van der Waals surface area contributed by atoms with Crippen molar-refractivity contribution in [3.05, 3.63) is 12.2 Å². The Hall–Kier alpha value is -0.790. The van der Waals surface area contributed by atoms with Crippen LogP contribution in [0, 0.1) is 0 Å². The molecule has 1 unspecified atom stereocenters. The smallest absolute Gasteiger partial charge is 0.306 e. The fourth-order valence-corrected chi connectivity index (χ4v) is 2.72. The number of ether oxygens (including phenoxy) is 1. The average molecular weight is 280 g/mol. The van der Waals surface area contributed by atoms with Crippen LogP contribution in [0.15, 0.2) is 12.2 Å². The van der Waals surface area contributed by atoms with Crippen molar-refractivity contribution in [1.82, 2.24) is 0 Å². The molecule has 0 saturated carbocycles. The summed E-state index contributed by atoms with van der Waals surface area (Å²) >= 11 is 0. The molecule has 0 aromatic carbocycles. The number of allylic oxidation sites excluding steroid dienone is 1. The van der Waals surface area contributed by atoms with Crippen LogP contribution in [-0.4, -0.2) is 12.1 Å². The molecule has 0 spiro atoms. The van der Waals surface area contributed by atoms with Gasteiger partial charge in [-0.15, -0.1) is 0 Å². The first kappa shape index (κ1) is 17.3. The zero-order valence-electron chi connectivity index (χ0n) is 13.2. The first-order chi connectivity index (χ1) is 9.83. The van der Waals surface area contributed by atoms with Crippen molar-refractivity contribution < 1.29 is 9.53 Å². The third-order valence-electron chi connectivity index (χ3n) is 4.01. The standard InChI is InChI=1S/C18H32O2/c1-2-3-4-5-6-7-8-9-11-14-17-15-12-10-13-16-18(19)20-17/h10,12,17H,2-9,11,13-16H2,1H3/b12-10-. The number of rotatable bonds is 10. The van der Waals surface area contributed by atoms with Crippen LogP contribution in [0.25, 0.3) is 0 Å². The van der Waals surface area contributed by atoms with Gasteiger partial charge in [0.2, 0.25) is 0 Å². The highest BCUT2D eigenvalue weighted by Gasteiger charge is 2.14. The third-order valence-corrected chi connectivity index (χ3v) is 4.01. The Kier molecular flexibility index (Phi) is 10.3. The lowest BCUT2D eigenvalue weighted by molar-refractivity contribution is -0.149. The summed E-state index contributed by atoms with van der Waals surface area (Å²) in [6, 6.07) is 0. The zero-order chi connectivity index (χ0) is 14.5. The van der Waals surface area contributed by atoms with Gasteiger partial charge in [0.15, 0.2) is 0 Å². The summed E-state index contributed by atoms with van der Waals surface area (Å²) in [6.45, 7) is 2.26. The molecule has 0 aliphatic carbocycles. The normalized spacial score (nSPS) is 21.1. The van der Waals surface area contributed by atoms with Gasteiger partial charge in [0.05, 0.1) is 0 Å². The minimum Gasteiger partial charge on any atom is -0.462 e. The lowest BCUT2D eigenvalue weighted by atomic mass is 10.0. The number of hydrogen-bond donors (Lipinski definition) is 0. The second-order valence-electron chi connectivity index (χ2n) is 5.97. The largest absolute Gasteiger partial charge is 0.462 e. The number of hydrogen-bond acceptors (Lipinski definition) is 2. The van der Waals surface area contributed by atoms with E-state index < -0.39 is 0 Å². The Balaban J connectivity index is 1.95. The van der Waals surface area contributed by atoms with Crippen LogP contribution >= 0.6 is 0 Å². The Morgan fingerprint density at radius 1 is 1.00 bits per heavy atom. The van der Waals surface area contributed by atoms with Crippen LogP contribution in [0.2, 0.25) is 0 Å². The lowest BCUT2D eigenvalue weighted by Crippen LogP contribution is -2.18. The van der Waals surface area contributed by atoms with Gasteiger partial charge in [-0.1, -0.05) is 70.4 Å². The van der Waals surface area contributed by atoms with Crippen molar-refractivity contribution in [3.63, 3.8) is 0 Å². The SMILES string of the molecule is CCCCCCCCCCCC1C/C=C\CCC(=O)O1. The summed E-state index contributed by atoms with van der Waals surface area (Å²) in [5, 5.41) is 0. The Labute approximate surface area is 125 Å². The van der Waals surface area contributed by atoms with E-state index in [1.807, 2.05) is 0 Å². The Morgan fingerprint density at radius 3 is 2.35 bits per heavy atom. The van der Waals surface area contributed by atoms with Crippen molar-refractivity contribution in [3.8, 4) is 0 Å². The molecular formula is C18H32O2. The van der Waals surface area contributed by atoms with Crippen LogP contribution in [0.1, 0.15) is 90.4 Å². The average Bonchev–Trinajstić information content (AvgIpc) is 2.42. The zero-order valence-corrected chi connectivity index (χ0v) is 13.2. The van der Waals surface area contributed by atoms with Gasteiger partial charge < -0.3 is 4.74 Å². The molecule has 1 aliphatic heterocycles. The fraction of sp³-hybridized carbons (Fsp3) is 0.833. The molecule has 0 aromatic heterocycles. The monoisotopic (exact) mass is 280 g/mol. The van der Waals surface area contributed by atoms with Crippen LogP contribution in [0.5, 0.6) is 0 Å². The second-order valence-corrected chi connectivity index (χ2v) is 5.97. The molecule has 116 valence electrons. The fourth-order valence-electron chi connectivity index (χ4n) is 2.72. The number of carbonyl (C=O) groups is 1. The third kappa shape index (κ3) is 9.17. The maximum atomic E-state index is 11.5. The maximum Gasteiger partial charge on any atom is 0.306 e. The molecule has 0 N–H and O–H groups in total. The second kappa shape index (κ2) is 12.0. The molecule has 2 heteroatoms. The highest BCUT2D eigenvalue weighted by molar-refractivity contribution is 5.69. The first-order valence-electron chi connectivity index (χ1n) is 8.67. The van der Waals surface area contributed by atoms with Gasteiger partial charge >= 0.3 is 5.97 Å². The summed E-state index contributed by atoms with van der Waals surface area (Å²) < 4.78 is 5.47. The molecule has 1 atom stereocenters. The quantitative estimate of drug-likeness (QED) is 0.297. The molecule has 20 heavy (non-hydrogen) atoms. The predicted octanol–water partition coefficient (Wildman–Crippen LogP) is 5.56. The lowest BCUT2D eigenvalue weighted by Gasteiger charge is -2.17. The maximum absolute atomic E-state index is 11.5. The molecule has 1 heterocycles. The summed E-state index contributed by atoms with van der Waals surface area (Å²) in [6.07, 6.45) is 19.8. The summed E-state index contributed by atoms with van der Waals surface area (Å²) in [5.74, 6) is -0.0183. The van der Waals surface area contributed by atoms with E-state index >= 15 is 0 Å². The minimum atomic E-state index is -0.0183. The number of unbranched alkanes of at least 4 members (excludes halogenated alkanes) is 8. The van der Waals surface area contributed by atoms with Gasteiger partial charge in [0.1, 0.15) is 6.10 Å². The minimum absolute atomic E-state index is 0.0183. The predicted molar refractivity (Wildman–Crippen MR) is 84.7 cm³/mol. The molecular weight excluding hydrogens is 248 g/mol. The number of esters is 1. The van der Waals surface area contributed by atoms with E-state index in [-0.39, 0.29) is 12.1 Å².